The van der Waals surface area contributed by atoms with Gasteiger partial charge in [0.1, 0.15) is 5.82 Å². The van der Waals surface area contributed by atoms with Crippen LogP contribution in [0.3, 0.4) is 0 Å². The molecule has 1 saturated heterocycles. The standard InChI is InChI=1S/C12H21N3.C6H11NO.C3H7N.3C2H6.C2H2/c1-8-4-3-5-10(6-8)12(13)11-7-14-9(2)15-11;1-5-2-3-6(8)7-4-5;1-3(2)4;4*1-2/h7-8,10,12H,3-6,13H2,1-2H3,(H,14,15);5H,2-4H2,1H3,(H,7,8);4H,1-2H3;3*1-2H3;1-2H. The molecule has 0 aromatic carbocycles. The highest BCUT2D eigenvalue weighted by Crippen LogP contribution is 2.35. The first-order chi connectivity index (χ1) is 16.7. The molecule has 0 spiro atoms. The number of rotatable bonds is 2. The quantitative estimate of drug-likeness (QED) is 0.254. The summed E-state index contributed by atoms with van der Waals surface area (Å²) in [6, 6.07) is 0.147. The minimum absolute atomic E-state index is 0.147. The number of aryl methyl sites for hydroxylation is 1. The van der Waals surface area contributed by atoms with Crippen LogP contribution in [0.15, 0.2) is 6.20 Å². The molecule has 1 aliphatic carbocycles. The normalized spacial score (nSPS) is 20.5. The number of carbonyl (C=O) groups is 1. The van der Waals surface area contributed by atoms with Crippen molar-refractivity contribution in [1.29, 1.82) is 5.41 Å². The van der Waals surface area contributed by atoms with Crippen LogP contribution in [0, 0.1) is 42.9 Å². The van der Waals surface area contributed by atoms with Crippen LogP contribution in [0.25, 0.3) is 0 Å². The number of hydrogen-bond donors (Lipinski definition) is 4. The van der Waals surface area contributed by atoms with Crippen molar-refractivity contribution in [3.8, 4) is 12.8 Å². The molecular weight excluding hydrogens is 434 g/mol. The van der Waals surface area contributed by atoms with Gasteiger partial charge >= 0.3 is 0 Å². The van der Waals surface area contributed by atoms with Crippen LogP contribution in [0.2, 0.25) is 0 Å². The molecule has 1 aliphatic heterocycles. The Morgan fingerprint density at radius 1 is 1.06 bits per heavy atom. The third-order valence-electron chi connectivity index (χ3n) is 5.08. The predicted molar refractivity (Wildman–Crippen MR) is 156 cm³/mol. The molecule has 35 heavy (non-hydrogen) atoms. The number of nitrogens with two attached hydrogens (primary N) is 1. The van der Waals surface area contributed by atoms with Crippen molar-refractivity contribution in [2.45, 2.75) is 121 Å². The number of nitrogens with zero attached hydrogens (tertiary/aromatic N) is 1. The number of nitrogens with one attached hydrogen (secondary N) is 3. The van der Waals surface area contributed by atoms with E-state index in [2.05, 4.69) is 42.0 Å². The van der Waals surface area contributed by atoms with Crippen molar-refractivity contribution in [1.82, 2.24) is 15.3 Å². The molecule has 1 saturated carbocycles. The first kappa shape index (κ1) is 40.1. The summed E-state index contributed by atoms with van der Waals surface area (Å²) in [6.07, 6.45) is 16.9. The second-order valence-electron chi connectivity index (χ2n) is 8.43. The maximum atomic E-state index is 10.5. The number of carbonyl (C=O) groups excluding carboxylic acids is 1. The highest BCUT2D eigenvalue weighted by Gasteiger charge is 2.26. The molecule has 6 heteroatoms. The van der Waals surface area contributed by atoms with E-state index in [1.165, 1.54) is 25.7 Å². The zero-order valence-electron chi connectivity index (χ0n) is 24.9. The number of amides is 1. The zero-order valence-corrected chi connectivity index (χ0v) is 24.9. The Balaban J connectivity index is -0.000000204. The molecule has 2 aliphatic rings. The van der Waals surface area contributed by atoms with E-state index in [-0.39, 0.29) is 11.9 Å². The average molecular weight is 494 g/mol. The summed E-state index contributed by atoms with van der Waals surface area (Å²) in [5.41, 5.74) is 8.04. The van der Waals surface area contributed by atoms with Crippen molar-refractivity contribution >= 4 is 11.6 Å². The van der Waals surface area contributed by atoms with E-state index in [1.807, 2.05) is 54.7 Å². The molecular formula is C29H59N5O. The van der Waals surface area contributed by atoms with E-state index in [9.17, 15) is 4.79 Å². The second-order valence-corrected chi connectivity index (χ2v) is 8.43. The lowest BCUT2D eigenvalue weighted by Gasteiger charge is -2.30. The van der Waals surface area contributed by atoms with Gasteiger partial charge in [-0.25, -0.2) is 4.98 Å². The number of aromatic amines is 1. The van der Waals surface area contributed by atoms with Crippen LogP contribution in [0.5, 0.6) is 0 Å². The predicted octanol–water partition coefficient (Wildman–Crippen LogP) is 7.45. The Kier molecular flexibility index (Phi) is 32.2. The largest absolute Gasteiger partial charge is 0.356 e. The topological polar surface area (TPSA) is 108 Å². The molecule has 4 unspecified atom stereocenters. The molecule has 4 atom stereocenters. The molecule has 1 amide bonds. The van der Waals surface area contributed by atoms with Gasteiger partial charge in [-0.15, -0.1) is 12.8 Å². The summed E-state index contributed by atoms with van der Waals surface area (Å²) in [7, 11) is 0. The van der Waals surface area contributed by atoms with Gasteiger partial charge in [0.2, 0.25) is 5.91 Å². The van der Waals surface area contributed by atoms with Crippen LogP contribution in [-0.4, -0.2) is 28.1 Å². The number of H-pyrrole nitrogens is 1. The van der Waals surface area contributed by atoms with Crippen molar-refractivity contribution < 1.29 is 4.79 Å². The van der Waals surface area contributed by atoms with Gasteiger partial charge < -0.3 is 21.4 Å². The molecule has 2 heterocycles. The highest BCUT2D eigenvalue weighted by atomic mass is 16.1. The van der Waals surface area contributed by atoms with Crippen molar-refractivity contribution in [3.63, 3.8) is 0 Å². The van der Waals surface area contributed by atoms with Gasteiger partial charge in [0, 0.05) is 30.9 Å². The smallest absolute Gasteiger partial charge is 0.220 e. The summed E-state index contributed by atoms with van der Waals surface area (Å²) in [5, 5.41) is 9.29. The van der Waals surface area contributed by atoms with Crippen molar-refractivity contribution in [3.05, 3.63) is 17.7 Å². The maximum absolute atomic E-state index is 10.5. The van der Waals surface area contributed by atoms with Gasteiger partial charge in [0.15, 0.2) is 0 Å². The van der Waals surface area contributed by atoms with Crippen LogP contribution in [0.1, 0.15) is 125 Å². The highest BCUT2D eigenvalue weighted by molar-refractivity contribution is 5.76. The molecule has 206 valence electrons. The molecule has 0 radical (unpaired) electrons. The third-order valence-corrected chi connectivity index (χ3v) is 5.08. The van der Waals surface area contributed by atoms with E-state index in [1.54, 1.807) is 13.8 Å². The van der Waals surface area contributed by atoms with Gasteiger partial charge in [0.25, 0.3) is 0 Å². The lowest BCUT2D eigenvalue weighted by molar-refractivity contribution is -0.122. The number of imidazole rings is 1. The lowest BCUT2D eigenvalue weighted by atomic mass is 9.78. The molecule has 6 nitrogen and oxygen atoms in total. The fourth-order valence-corrected chi connectivity index (χ4v) is 3.53. The average Bonchev–Trinajstić information content (AvgIpc) is 3.32. The number of hydrogen-bond acceptors (Lipinski definition) is 4. The molecule has 3 rings (SSSR count). The number of terminal acetylenes is 1. The third kappa shape index (κ3) is 23.4. The minimum Gasteiger partial charge on any atom is -0.356 e. The molecule has 2 fully saturated rings. The minimum atomic E-state index is 0.147. The zero-order chi connectivity index (χ0) is 28.4. The second kappa shape index (κ2) is 28.1. The summed E-state index contributed by atoms with van der Waals surface area (Å²) in [5.74, 6) is 3.33. The lowest BCUT2D eigenvalue weighted by Crippen LogP contribution is -2.33. The van der Waals surface area contributed by atoms with Crippen LogP contribution >= 0.6 is 0 Å². The monoisotopic (exact) mass is 493 g/mol. The van der Waals surface area contributed by atoms with Crippen LogP contribution in [-0.2, 0) is 4.79 Å². The Labute approximate surface area is 218 Å². The molecule has 0 bridgehead atoms. The van der Waals surface area contributed by atoms with Gasteiger partial charge in [-0.1, -0.05) is 68.2 Å². The van der Waals surface area contributed by atoms with Crippen LogP contribution < -0.4 is 11.1 Å². The first-order valence-electron chi connectivity index (χ1n) is 13.6. The van der Waals surface area contributed by atoms with Gasteiger partial charge in [-0.3, -0.25) is 4.79 Å². The van der Waals surface area contributed by atoms with Crippen molar-refractivity contribution in [2.75, 3.05) is 6.54 Å². The Bertz CT molecular complexity index is 610. The fourth-order valence-electron chi connectivity index (χ4n) is 3.53. The maximum Gasteiger partial charge on any atom is 0.220 e. The van der Waals surface area contributed by atoms with Crippen molar-refractivity contribution in [2.24, 2.45) is 23.5 Å². The number of piperidine rings is 1. The molecule has 1 aromatic rings. The number of aromatic nitrogens is 2. The summed E-state index contributed by atoms with van der Waals surface area (Å²) in [4.78, 5) is 18.0. The fraction of sp³-hybridized carbons (Fsp3) is 0.759. The van der Waals surface area contributed by atoms with E-state index in [0.717, 1.165) is 36.8 Å². The summed E-state index contributed by atoms with van der Waals surface area (Å²) < 4.78 is 0. The SMILES string of the molecule is C#C.CC.CC.CC.CC(C)=N.CC1CCC(=O)NC1.Cc1ncc(C(N)C2CCCC(C)C2)[nH]1. The Morgan fingerprint density at radius 3 is 1.91 bits per heavy atom. The van der Waals surface area contributed by atoms with Gasteiger partial charge in [-0.2, -0.15) is 0 Å². The van der Waals surface area contributed by atoms with E-state index in [0.29, 0.717) is 17.5 Å². The van der Waals surface area contributed by atoms with E-state index in [4.69, 9.17) is 11.1 Å². The Hall–Kier alpha value is -2.13. The molecule has 5 N–H and O–H groups in total. The van der Waals surface area contributed by atoms with E-state index >= 15 is 0 Å². The molecule has 1 aromatic heterocycles. The summed E-state index contributed by atoms with van der Waals surface area (Å²) >= 11 is 0. The van der Waals surface area contributed by atoms with Gasteiger partial charge in [-0.05, 0) is 57.8 Å². The Morgan fingerprint density at radius 2 is 1.57 bits per heavy atom. The van der Waals surface area contributed by atoms with Gasteiger partial charge in [0.05, 0.1) is 5.69 Å². The van der Waals surface area contributed by atoms with E-state index < -0.39 is 0 Å². The van der Waals surface area contributed by atoms with Crippen LogP contribution in [0.4, 0.5) is 0 Å². The first-order valence-corrected chi connectivity index (χ1v) is 13.6. The summed E-state index contributed by atoms with van der Waals surface area (Å²) in [6.45, 7) is 22.8.